The molecular weight excluding hydrogens is 460 g/mol. The maximum absolute atomic E-state index is 12.8. The molecule has 2 fully saturated rings. The van der Waals surface area contributed by atoms with Crippen molar-refractivity contribution in [2.45, 2.75) is 50.6 Å². The Morgan fingerprint density at radius 3 is 2.23 bits per heavy atom. The largest absolute Gasteiger partial charge is 0.397 e. The Morgan fingerprint density at radius 2 is 1.65 bits per heavy atom. The summed E-state index contributed by atoms with van der Waals surface area (Å²) in [4.78, 5) is 17.3. The van der Waals surface area contributed by atoms with Crippen molar-refractivity contribution in [2.75, 3.05) is 31.9 Å². The Morgan fingerprint density at radius 1 is 1.08 bits per heavy atom. The van der Waals surface area contributed by atoms with E-state index in [9.17, 15) is 4.79 Å². The highest BCUT2D eigenvalue weighted by molar-refractivity contribution is 9.11. The topological polar surface area (TPSA) is 75.6 Å². The van der Waals surface area contributed by atoms with Gasteiger partial charge in [-0.3, -0.25) is 4.79 Å². The fourth-order valence-corrected chi connectivity index (χ4v) is 5.35. The number of anilines is 1. The van der Waals surface area contributed by atoms with E-state index in [0.717, 1.165) is 40.4 Å². The molecule has 1 atom stereocenters. The zero-order chi connectivity index (χ0) is 18.7. The third kappa shape index (κ3) is 4.80. The second-order valence-electron chi connectivity index (χ2n) is 7.44. The Labute approximate surface area is 172 Å². The van der Waals surface area contributed by atoms with Crippen LogP contribution in [0.3, 0.4) is 0 Å². The fraction of sp³-hybridized carbons (Fsp3) is 0.632. The van der Waals surface area contributed by atoms with Crippen LogP contribution in [0.1, 0.15) is 37.7 Å². The number of likely N-dealkylation sites (tertiary alicyclic amines) is 2. The molecule has 1 aromatic carbocycles. The lowest BCUT2D eigenvalue weighted by atomic mass is 9.98. The van der Waals surface area contributed by atoms with Crippen molar-refractivity contribution >= 4 is 43.5 Å². The molecule has 144 valence electrons. The van der Waals surface area contributed by atoms with Crippen molar-refractivity contribution in [2.24, 2.45) is 5.73 Å². The number of piperidine rings is 2. The number of benzene rings is 1. The molecule has 2 saturated heterocycles. The maximum Gasteiger partial charge on any atom is 0.239 e. The number of rotatable bonds is 4. The van der Waals surface area contributed by atoms with Gasteiger partial charge in [0.25, 0.3) is 0 Å². The minimum atomic E-state index is -0.510. The molecule has 0 aromatic heterocycles. The first-order valence-electron chi connectivity index (χ1n) is 9.47. The van der Waals surface area contributed by atoms with Gasteiger partial charge in [0, 0.05) is 28.1 Å². The van der Waals surface area contributed by atoms with Gasteiger partial charge in [-0.05, 0) is 94.7 Å². The monoisotopic (exact) mass is 486 g/mol. The number of carbonyl (C=O) groups is 1. The zero-order valence-electron chi connectivity index (χ0n) is 15.1. The van der Waals surface area contributed by atoms with Crippen molar-refractivity contribution < 1.29 is 4.79 Å². The summed E-state index contributed by atoms with van der Waals surface area (Å²) in [5, 5.41) is 0. The molecule has 0 aliphatic carbocycles. The molecule has 0 radical (unpaired) electrons. The molecule has 1 amide bonds. The normalized spacial score (nSPS) is 21.0. The molecule has 5 nitrogen and oxygen atoms in total. The average molecular weight is 488 g/mol. The summed E-state index contributed by atoms with van der Waals surface area (Å²) >= 11 is 6.90. The fourth-order valence-electron chi connectivity index (χ4n) is 4.07. The van der Waals surface area contributed by atoms with Crippen LogP contribution in [0, 0.1) is 0 Å². The Bertz CT molecular complexity index is 617. The molecule has 3 rings (SSSR count). The number of nitrogens with zero attached hydrogens (tertiary/aromatic N) is 2. The molecule has 4 N–H and O–H groups in total. The highest BCUT2D eigenvalue weighted by Crippen LogP contribution is 2.30. The molecule has 1 aromatic rings. The van der Waals surface area contributed by atoms with Crippen LogP contribution in [0.5, 0.6) is 0 Å². The second kappa shape index (κ2) is 9.04. The van der Waals surface area contributed by atoms with Gasteiger partial charge in [0.15, 0.2) is 0 Å². The number of amides is 1. The van der Waals surface area contributed by atoms with E-state index in [1.165, 1.54) is 32.4 Å². The van der Waals surface area contributed by atoms with Gasteiger partial charge in [0.2, 0.25) is 5.91 Å². The Balaban J connectivity index is 1.53. The summed E-state index contributed by atoms with van der Waals surface area (Å²) in [7, 11) is 0. The Hall–Kier alpha value is -0.630. The van der Waals surface area contributed by atoms with Crippen LogP contribution in [-0.2, 0) is 11.2 Å². The van der Waals surface area contributed by atoms with E-state index in [1.54, 1.807) is 0 Å². The minimum absolute atomic E-state index is 0.0613. The summed E-state index contributed by atoms with van der Waals surface area (Å²) in [5.41, 5.74) is 13.8. The zero-order valence-corrected chi connectivity index (χ0v) is 18.3. The van der Waals surface area contributed by atoms with Crippen LogP contribution < -0.4 is 11.5 Å². The van der Waals surface area contributed by atoms with Crippen LogP contribution >= 0.6 is 31.9 Å². The first-order valence-corrected chi connectivity index (χ1v) is 11.1. The number of nitrogen functional groups attached to an aromatic ring is 1. The summed E-state index contributed by atoms with van der Waals surface area (Å²) in [6, 6.07) is 4.01. The number of hydrogen-bond donors (Lipinski definition) is 2. The van der Waals surface area contributed by atoms with Crippen molar-refractivity contribution in [3.63, 3.8) is 0 Å². The third-order valence-corrected chi connectivity index (χ3v) is 6.91. The molecule has 0 bridgehead atoms. The lowest BCUT2D eigenvalue weighted by Gasteiger charge is -2.40. The van der Waals surface area contributed by atoms with E-state index >= 15 is 0 Å². The van der Waals surface area contributed by atoms with E-state index in [-0.39, 0.29) is 5.91 Å². The van der Waals surface area contributed by atoms with E-state index in [4.69, 9.17) is 11.5 Å². The van der Waals surface area contributed by atoms with E-state index in [0.29, 0.717) is 18.2 Å². The van der Waals surface area contributed by atoms with Gasteiger partial charge in [0.1, 0.15) is 0 Å². The standard InChI is InChI=1S/C19H28Br2N4O/c20-15-10-13(11-16(21)18(15)23)12-17(22)19(26)25-8-4-14(5-9-25)24-6-2-1-3-7-24/h10-11,14,17H,1-9,12,22-23H2/t17-/m1/s1. The third-order valence-electron chi connectivity index (χ3n) is 5.59. The van der Waals surface area contributed by atoms with Gasteiger partial charge in [-0.2, -0.15) is 0 Å². The summed E-state index contributed by atoms with van der Waals surface area (Å²) in [5.74, 6) is 0.0613. The van der Waals surface area contributed by atoms with Gasteiger partial charge in [-0.25, -0.2) is 0 Å². The first kappa shape index (κ1) is 20.1. The first-order chi connectivity index (χ1) is 12.5. The smallest absolute Gasteiger partial charge is 0.239 e. The highest BCUT2D eigenvalue weighted by atomic mass is 79.9. The van der Waals surface area contributed by atoms with Crippen LogP contribution in [-0.4, -0.2) is 54.0 Å². The molecule has 0 spiro atoms. The summed E-state index contributed by atoms with van der Waals surface area (Å²) < 4.78 is 1.65. The van der Waals surface area contributed by atoms with E-state index in [1.807, 2.05) is 17.0 Å². The predicted molar refractivity (Wildman–Crippen MR) is 113 cm³/mol. The molecule has 2 heterocycles. The SMILES string of the molecule is Nc1c(Br)cc(C[C@@H](N)C(=O)N2CCC(N3CCCCC3)CC2)cc1Br. The van der Waals surface area contributed by atoms with E-state index < -0.39 is 6.04 Å². The van der Waals surface area contributed by atoms with Crippen molar-refractivity contribution in [3.8, 4) is 0 Å². The van der Waals surface area contributed by atoms with Gasteiger partial charge in [-0.1, -0.05) is 6.42 Å². The minimum Gasteiger partial charge on any atom is -0.397 e. The summed E-state index contributed by atoms with van der Waals surface area (Å²) in [6.45, 7) is 4.09. The van der Waals surface area contributed by atoms with Crippen molar-refractivity contribution in [3.05, 3.63) is 26.6 Å². The number of nitrogens with two attached hydrogens (primary N) is 2. The highest BCUT2D eigenvalue weighted by Gasteiger charge is 2.29. The second-order valence-corrected chi connectivity index (χ2v) is 9.15. The maximum atomic E-state index is 12.8. The van der Waals surface area contributed by atoms with Gasteiger partial charge in [0.05, 0.1) is 11.7 Å². The van der Waals surface area contributed by atoms with Crippen LogP contribution in [0.25, 0.3) is 0 Å². The summed E-state index contributed by atoms with van der Waals surface area (Å²) in [6.07, 6.45) is 6.64. The molecule has 0 saturated carbocycles. The number of carbonyl (C=O) groups excluding carboxylic acids is 1. The van der Waals surface area contributed by atoms with Crippen LogP contribution in [0.2, 0.25) is 0 Å². The molecule has 2 aliphatic rings. The van der Waals surface area contributed by atoms with Crippen LogP contribution in [0.4, 0.5) is 5.69 Å². The predicted octanol–water partition coefficient (Wildman–Crippen LogP) is 3.14. The Kier molecular flexibility index (Phi) is 6.99. The molecule has 2 aliphatic heterocycles. The van der Waals surface area contributed by atoms with Gasteiger partial charge >= 0.3 is 0 Å². The molecular formula is C19H28Br2N4O. The van der Waals surface area contributed by atoms with Gasteiger partial charge < -0.3 is 21.3 Å². The average Bonchev–Trinajstić information content (AvgIpc) is 2.66. The molecule has 26 heavy (non-hydrogen) atoms. The van der Waals surface area contributed by atoms with Crippen LogP contribution in [0.15, 0.2) is 21.1 Å². The molecule has 0 unspecified atom stereocenters. The van der Waals surface area contributed by atoms with Gasteiger partial charge in [-0.15, -0.1) is 0 Å². The lowest BCUT2D eigenvalue weighted by molar-refractivity contribution is -0.134. The quantitative estimate of drug-likeness (QED) is 0.639. The van der Waals surface area contributed by atoms with Crippen molar-refractivity contribution in [1.29, 1.82) is 0 Å². The number of hydrogen-bond acceptors (Lipinski definition) is 4. The van der Waals surface area contributed by atoms with E-state index in [2.05, 4.69) is 36.8 Å². The molecule has 7 heteroatoms. The van der Waals surface area contributed by atoms with Crippen molar-refractivity contribution in [1.82, 2.24) is 9.80 Å². The lowest BCUT2D eigenvalue weighted by Crippen LogP contribution is -2.52. The number of halogens is 2.